The number of alkyl halides is 9. The number of hydrogen-bond acceptors (Lipinski definition) is 1. The van der Waals surface area contributed by atoms with Crippen molar-refractivity contribution in [2.24, 2.45) is 0 Å². The Morgan fingerprint density at radius 2 is 0.947 bits per heavy atom. The van der Waals surface area contributed by atoms with Crippen LogP contribution in [0.4, 0.5) is 45.2 Å². The number of benzene rings is 1. The third-order valence-electron chi connectivity index (χ3n) is 2.12. The van der Waals surface area contributed by atoms with Crippen LogP contribution in [0.25, 0.3) is 0 Å². The zero-order valence-corrected chi connectivity index (χ0v) is 8.63. The maximum Gasteiger partial charge on any atom is 0.418 e. The molecule has 0 amide bonds. The molecule has 0 unspecified atom stereocenters. The molecule has 108 valence electrons. The zero-order chi connectivity index (χ0) is 15.2. The van der Waals surface area contributed by atoms with Crippen molar-refractivity contribution in [3.8, 4) is 0 Å². The van der Waals surface area contributed by atoms with Gasteiger partial charge in [0.05, 0.1) is 22.4 Å². The highest BCUT2D eigenvalue weighted by Crippen LogP contribution is 2.44. The van der Waals surface area contributed by atoms with Crippen LogP contribution in [0.2, 0.25) is 0 Å². The van der Waals surface area contributed by atoms with Gasteiger partial charge in [0.2, 0.25) is 0 Å². The highest BCUT2D eigenvalue weighted by atomic mass is 19.4. The molecular weight excluding hydrogens is 293 g/mol. The van der Waals surface area contributed by atoms with E-state index in [2.05, 4.69) is 5.73 Å². The van der Waals surface area contributed by atoms with Gasteiger partial charge in [-0.25, -0.2) is 0 Å². The normalized spacial score (nSPS) is 13.7. The van der Waals surface area contributed by atoms with Gasteiger partial charge in [-0.1, -0.05) is 0 Å². The average Bonchev–Trinajstić information content (AvgIpc) is 2.11. The summed E-state index contributed by atoms with van der Waals surface area (Å²) in [5, 5.41) is 0. The van der Waals surface area contributed by atoms with Crippen LogP contribution >= 0.6 is 0 Å². The SMILES string of the molecule is Nc1c(C(F)(F)F)cc(C(F)(F)F)cc1C(F)(F)F. The van der Waals surface area contributed by atoms with E-state index in [0.29, 0.717) is 0 Å². The summed E-state index contributed by atoms with van der Waals surface area (Å²) < 4.78 is 111. The fourth-order valence-corrected chi connectivity index (χ4v) is 1.29. The lowest BCUT2D eigenvalue weighted by Gasteiger charge is -2.18. The quantitative estimate of drug-likeness (QED) is 0.560. The molecule has 0 fully saturated rings. The number of anilines is 1. The molecule has 0 bridgehead atoms. The molecule has 0 saturated heterocycles. The van der Waals surface area contributed by atoms with Gasteiger partial charge in [0.15, 0.2) is 0 Å². The third-order valence-corrected chi connectivity index (χ3v) is 2.12. The van der Waals surface area contributed by atoms with Gasteiger partial charge in [0, 0.05) is 0 Å². The van der Waals surface area contributed by atoms with Gasteiger partial charge in [0.1, 0.15) is 0 Å². The van der Waals surface area contributed by atoms with Crippen molar-refractivity contribution in [2.45, 2.75) is 18.5 Å². The first-order chi connectivity index (χ1) is 8.24. The highest BCUT2D eigenvalue weighted by molar-refractivity contribution is 5.58. The van der Waals surface area contributed by atoms with E-state index in [1.165, 1.54) is 0 Å². The van der Waals surface area contributed by atoms with Crippen molar-refractivity contribution >= 4 is 5.69 Å². The minimum atomic E-state index is -5.43. The molecule has 1 aromatic carbocycles. The smallest absolute Gasteiger partial charge is 0.398 e. The summed E-state index contributed by atoms with van der Waals surface area (Å²) in [5.74, 6) is 0. The van der Waals surface area contributed by atoms with E-state index in [-0.39, 0.29) is 0 Å². The first-order valence-corrected chi connectivity index (χ1v) is 4.39. The minimum absolute atomic E-state index is 0.454. The van der Waals surface area contributed by atoms with E-state index in [4.69, 9.17) is 0 Å². The van der Waals surface area contributed by atoms with E-state index in [9.17, 15) is 39.5 Å². The number of nitrogens with two attached hydrogens (primary N) is 1. The summed E-state index contributed by atoms with van der Waals surface area (Å²) in [6.07, 6.45) is -16.2. The molecule has 19 heavy (non-hydrogen) atoms. The first-order valence-electron chi connectivity index (χ1n) is 4.39. The summed E-state index contributed by atoms with van der Waals surface area (Å²) in [6.45, 7) is 0. The maximum atomic E-state index is 12.4. The second kappa shape index (κ2) is 4.20. The third kappa shape index (κ3) is 3.24. The fraction of sp³-hybridized carbons (Fsp3) is 0.333. The minimum Gasteiger partial charge on any atom is -0.398 e. The summed E-state index contributed by atoms with van der Waals surface area (Å²) in [6, 6.07) is -0.908. The van der Waals surface area contributed by atoms with Crippen molar-refractivity contribution in [3.05, 3.63) is 28.8 Å². The molecule has 1 aromatic rings. The van der Waals surface area contributed by atoms with E-state index >= 15 is 0 Å². The summed E-state index contributed by atoms with van der Waals surface area (Å²) in [5.41, 5.74) is -3.54. The Kier molecular flexibility index (Phi) is 3.42. The average molecular weight is 297 g/mol. The Morgan fingerprint density at radius 1 is 0.632 bits per heavy atom. The van der Waals surface area contributed by atoms with Crippen LogP contribution in [-0.2, 0) is 18.5 Å². The van der Waals surface area contributed by atoms with Gasteiger partial charge in [-0.15, -0.1) is 0 Å². The van der Waals surface area contributed by atoms with Gasteiger partial charge >= 0.3 is 18.5 Å². The van der Waals surface area contributed by atoms with Crippen LogP contribution in [0.5, 0.6) is 0 Å². The van der Waals surface area contributed by atoms with Crippen LogP contribution < -0.4 is 5.73 Å². The highest BCUT2D eigenvalue weighted by Gasteiger charge is 2.44. The summed E-state index contributed by atoms with van der Waals surface area (Å²) in [7, 11) is 0. The van der Waals surface area contributed by atoms with Crippen molar-refractivity contribution in [3.63, 3.8) is 0 Å². The Bertz CT molecular complexity index is 445. The maximum absolute atomic E-state index is 12.4. The monoisotopic (exact) mass is 297 g/mol. The van der Waals surface area contributed by atoms with Crippen LogP contribution in [-0.4, -0.2) is 0 Å². The number of hydrogen-bond donors (Lipinski definition) is 1. The Hall–Kier alpha value is -1.61. The Morgan fingerprint density at radius 3 is 1.16 bits per heavy atom. The van der Waals surface area contributed by atoms with E-state index in [0.717, 1.165) is 0 Å². The predicted molar refractivity (Wildman–Crippen MR) is 45.9 cm³/mol. The molecule has 10 heteroatoms. The standard InChI is InChI=1S/C9H4F9N/c10-7(11,12)3-1-4(8(13,14)15)6(19)5(2-3)9(16,17)18/h1-2H,19H2. The second-order valence-corrected chi connectivity index (χ2v) is 3.48. The Labute approximate surface area is 99.4 Å². The molecule has 0 radical (unpaired) electrons. The van der Waals surface area contributed by atoms with Crippen molar-refractivity contribution in [1.29, 1.82) is 0 Å². The molecule has 0 spiro atoms. The largest absolute Gasteiger partial charge is 0.418 e. The Balaban J connectivity index is 3.68. The van der Waals surface area contributed by atoms with Gasteiger partial charge in [0.25, 0.3) is 0 Å². The topological polar surface area (TPSA) is 26.0 Å². The lowest BCUT2D eigenvalue weighted by atomic mass is 10.0. The lowest BCUT2D eigenvalue weighted by Crippen LogP contribution is -2.19. The van der Waals surface area contributed by atoms with Crippen LogP contribution in [0.3, 0.4) is 0 Å². The van der Waals surface area contributed by atoms with Gasteiger partial charge < -0.3 is 5.73 Å². The lowest BCUT2D eigenvalue weighted by molar-refractivity contribution is -0.147. The van der Waals surface area contributed by atoms with Crippen molar-refractivity contribution < 1.29 is 39.5 Å². The van der Waals surface area contributed by atoms with Crippen molar-refractivity contribution in [1.82, 2.24) is 0 Å². The molecule has 0 aliphatic heterocycles. The van der Waals surface area contributed by atoms with Crippen LogP contribution in [0.15, 0.2) is 12.1 Å². The molecule has 0 saturated carbocycles. The summed E-state index contributed by atoms with van der Waals surface area (Å²) in [4.78, 5) is 0. The molecule has 0 aliphatic carbocycles. The fourth-order valence-electron chi connectivity index (χ4n) is 1.29. The molecular formula is C9H4F9N. The first kappa shape index (κ1) is 15.4. The molecule has 0 atom stereocenters. The number of rotatable bonds is 0. The molecule has 0 aliphatic rings. The van der Waals surface area contributed by atoms with Gasteiger partial charge in [-0.3, -0.25) is 0 Å². The van der Waals surface area contributed by atoms with Gasteiger partial charge in [-0.05, 0) is 12.1 Å². The molecule has 2 N–H and O–H groups in total. The van der Waals surface area contributed by atoms with Crippen LogP contribution in [0, 0.1) is 0 Å². The molecule has 1 nitrogen and oxygen atoms in total. The van der Waals surface area contributed by atoms with E-state index in [1.807, 2.05) is 0 Å². The molecule has 1 rings (SSSR count). The van der Waals surface area contributed by atoms with E-state index in [1.54, 1.807) is 0 Å². The zero-order valence-electron chi connectivity index (χ0n) is 8.63. The summed E-state index contributed by atoms with van der Waals surface area (Å²) >= 11 is 0. The van der Waals surface area contributed by atoms with Gasteiger partial charge in [-0.2, -0.15) is 39.5 Å². The predicted octanol–water partition coefficient (Wildman–Crippen LogP) is 4.33. The molecule has 0 heterocycles. The molecule has 0 aromatic heterocycles. The van der Waals surface area contributed by atoms with Crippen molar-refractivity contribution in [2.75, 3.05) is 5.73 Å². The van der Waals surface area contributed by atoms with Crippen LogP contribution in [0.1, 0.15) is 16.7 Å². The second-order valence-electron chi connectivity index (χ2n) is 3.48. The number of nitrogen functional groups attached to an aromatic ring is 1. The number of halogens is 9. The van der Waals surface area contributed by atoms with E-state index < -0.39 is 53.0 Å².